The molecule has 3 rings (SSSR count). The van der Waals surface area contributed by atoms with E-state index < -0.39 is 30.2 Å². The number of carbonyl (C=O) groups excluding carboxylic acids is 2. The summed E-state index contributed by atoms with van der Waals surface area (Å²) in [5.41, 5.74) is 0.198. The molecule has 1 saturated heterocycles. The monoisotopic (exact) mass is 371 g/mol. The number of ether oxygens (including phenoxy) is 2. The van der Waals surface area contributed by atoms with Crippen LogP contribution in [0.4, 0.5) is 17.6 Å². The zero-order chi connectivity index (χ0) is 18.9. The summed E-state index contributed by atoms with van der Waals surface area (Å²) >= 11 is 0. The van der Waals surface area contributed by atoms with E-state index in [0.717, 1.165) is 12.2 Å². The number of nitrogens with zero attached hydrogens (tertiary/aromatic N) is 1. The van der Waals surface area contributed by atoms with Crippen molar-refractivity contribution in [2.24, 2.45) is 0 Å². The number of aromatic nitrogens is 1. The molecule has 0 amide bonds. The molecule has 1 fully saturated rings. The number of allylic oxidation sites excluding steroid dienone is 2. The Balaban J connectivity index is 1.64. The molecule has 9 heteroatoms. The van der Waals surface area contributed by atoms with Gasteiger partial charge in [0.25, 0.3) is 0 Å². The summed E-state index contributed by atoms with van der Waals surface area (Å²) in [5, 5.41) is 0. The molecular formula is C17H13F4NO4. The molecule has 1 aliphatic heterocycles. The van der Waals surface area contributed by atoms with Crippen molar-refractivity contribution in [1.82, 2.24) is 4.98 Å². The van der Waals surface area contributed by atoms with Gasteiger partial charge in [-0.25, -0.2) is 0 Å². The van der Waals surface area contributed by atoms with Crippen molar-refractivity contribution >= 4 is 11.6 Å². The van der Waals surface area contributed by atoms with Crippen molar-refractivity contribution in [3.8, 4) is 0 Å². The standard InChI is InChI=1S/C17H13F4NO4/c18-16(19)17(20,21)26-15-9-10(4-7-14(15)25-16)12(23)5-6-13(24)11-3-1-2-8-22-11/h1-4,7-9,14-15H,5-6H2. The highest BCUT2D eigenvalue weighted by molar-refractivity contribution is 6.02. The summed E-state index contributed by atoms with van der Waals surface area (Å²) in [6.07, 6.45) is -8.14. The summed E-state index contributed by atoms with van der Waals surface area (Å²) in [4.78, 5) is 28.0. The number of Topliss-reactive ketones (excluding diaryl/α,β-unsaturated/α-hetero) is 2. The molecule has 1 aromatic rings. The van der Waals surface area contributed by atoms with Gasteiger partial charge in [-0.1, -0.05) is 18.2 Å². The van der Waals surface area contributed by atoms with Crippen LogP contribution in [0.25, 0.3) is 0 Å². The smallest absolute Gasteiger partial charge is 0.303 e. The normalized spacial score (nSPS) is 25.9. The van der Waals surface area contributed by atoms with Crippen LogP contribution in [0.1, 0.15) is 23.3 Å². The van der Waals surface area contributed by atoms with Crippen molar-refractivity contribution in [1.29, 1.82) is 0 Å². The van der Waals surface area contributed by atoms with E-state index in [1.807, 2.05) is 0 Å². The molecule has 138 valence electrons. The predicted molar refractivity (Wildman–Crippen MR) is 79.7 cm³/mol. The van der Waals surface area contributed by atoms with Crippen molar-refractivity contribution in [3.05, 3.63) is 53.9 Å². The van der Waals surface area contributed by atoms with Gasteiger partial charge in [0.15, 0.2) is 11.6 Å². The van der Waals surface area contributed by atoms with Crippen LogP contribution in [0.3, 0.4) is 0 Å². The quantitative estimate of drug-likeness (QED) is 0.588. The first-order chi connectivity index (χ1) is 12.2. The number of alkyl halides is 4. The third-order valence-electron chi connectivity index (χ3n) is 3.89. The molecular weight excluding hydrogens is 358 g/mol. The van der Waals surface area contributed by atoms with E-state index in [1.54, 1.807) is 12.1 Å². The number of carbonyl (C=O) groups is 2. The molecule has 0 radical (unpaired) electrons. The Labute approximate surface area is 145 Å². The Morgan fingerprint density at radius 3 is 2.31 bits per heavy atom. The number of hydrogen-bond acceptors (Lipinski definition) is 5. The van der Waals surface area contributed by atoms with Gasteiger partial charge >= 0.3 is 12.2 Å². The Kier molecular flexibility index (Phi) is 4.76. The molecule has 1 aliphatic carbocycles. The van der Waals surface area contributed by atoms with E-state index in [4.69, 9.17) is 0 Å². The maximum absolute atomic E-state index is 13.2. The van der Waals surface area contributed by atoms with Crippen molar-refractivity contribution in [2.45, 2.75) is 37.3 Å². The molecule has 0 bridgehead atoms. The third kappa shape index (κ3) is 3.58. The maximum atomic E-state index is 13.2. The number of rotatable bonds is 5. The van der Waals surface area contributed by atoms with Gasteiger partial charge in [0, 0.05) is 24.6 Å². The van der Waals surface area contributed by atoms with Crippen LogP contribution in [0, 0.1) is 0 Å². The minimum Gasteiger partial charge on any atom is -0.303 e. The van der Waals surface area contributed by atoms with Gasteiger partial charge in [-0.2, -0.15) is 17.6 Å². The first kappa shape index (κ1) is 18.4. The lowest BCUT2D eigenvalue weighted by molar-refractivity contribution is -0.478. The molecule has 0 spiro atoms. The van der Waals surface area contributed by atoms with Gasteiger partial charge in [-0.15, -0.1) is 0 Å². The molecule has 0 saturated carbocycles. The average molecular weight is 371 g/mol. The van der Waals surface area contributed by atoms with Crippen LogP contribution in [0.2, 0.25) is 0 Å². The second-order valence-corrected chi connectivity index (χ2v) is 5.74. The molecule has 2 aliphatic rings. The zero-order valence-corrected chi connectivity index (χ0v) is 13.2. The third-order valence-corrected chi connectivity index (χ3v) is 3.89. The van der Waals surface area contributed by atoms with Gasteiger partial charge in [0.05, 0.1) is 0 Å². The highest BCUT2D eigenvalue weighted by Gasteiger charge is 2.66. The SMILES string of the molecule is O=C(CCC(=O)c1ccccn1)C1=CC2OC(F)(F)C(F)(F)OC2C=C1. The lowest BCUT2D eigenvalue weighted by Crippen LogP contribution is -2.57. The van der Waals surface area contributed by atoms with Crippen molar-refractivity contribution < 1.29 is 36.6 Å². The first-order valence-electron chi connectivity index (χ1n) is 7.68. The topological polar surface area (TPSA) is 65.5 Å². The van der Waals surface area contributed by atoms with E-state index in [9.17, 15) is 27.2 Å². The summed E-state index contributed by atoms with van der Waals surface area (Å²) in [5.74, 6) is -0.853. The fourth-order valence-corrected chi connectivity index (χ4v) is 2.53. The fraction of sp³-hybridized carbons (Fsp3) is 0.353. The van der Waals surface area contributed by atoms with Crippen LogP contribution >= 0.6 is 0 Å². The second-order valence-electron chi connectivity index (χ2n) is 5.74. The van der Waals surface area contributed by atoms with E-state index >= 15 is 0 Å². The summed E-state index contributed by atoms with van der Waals surface area (Å²) in [7, 11) is 0. The van der Waals surface area contributed by atoms with Crippen molar-refractivity contribution in [2.75, 3.05) is 0 Å². The minimum atomic E-state index is -4.81. The van der Waals surface area contributed by atoms with Crippen molar-refractivity contribution in [3.63, 3.8) is 0 Å². The Morgan fingerprint density at radius 2 is 1.65 bits per heavy atom. The average Bonchev–Trinajstić information content (AvgIpc) is 2.60. The molecule has 0 aromatic carbocycles. The molecule has 2 atom stereocenters. The van der Waals surface area contributed by atoms with Crippen LogP contribution in [0.5, 0.6) is 0 Å². The van der Waals surface area contributed by atoms with Crippen LogP contribution in [-0.4, -0.2) is 41.0 Å². The van der Waals surface area contributed by atoms with E-state index in [0.29, 0.717) is 0 Å². The fourth-order valence-electron chi connectivity index (χ4n) is 2.53. The molecule has 2 heterocycles. The zero-order valence-electron chi connectivity index (χ0n) is 13.2. The maximum Gasteiger partial charge on any atom is 0.449 e. The Bertz CT molecular complexity index is 776. The van der Waals surface area contributed by atoms with E-state index in [-0.39, 0.29) is 29.9 Å². The number of pyridine rings is 1. The molecule has 1 aromatic heterocycles. The summed E-state index contributed by atoms with van der Waals surface area (Å²) in [6.45, 7) is 0. The minimum absolute atomic E-state index is 0.00955. The van der Waals surface area contributed by atoms with Crippen LogP contribution in [0.15, 0.2) is 48.2 Å². The highest BCUT2D eigenvalue weighted by atomic mass is 19.3. The number of halogens is 4. The van der Waals surface area contributed by atoms with Gasteiger partial charge in [-0.05, 0) is 18.2 Å². The van der Waals surface area contributed by atoms with E-state index in [2.05, 4.69) is 14.5 Å². The number of ketones is 2. The highest BCUT2D eigenvalue weighted by Crippen LogP contribution is 2.44. The molecule has 2 unspecified atom stereocenters. The van der Waals surface area contributed by atoms with Gasteiger partial charge < -0.3 is 9.47 Å². The second kappa shape index (κ2) is 6.73. The van der Waals surface area contributed by atoms with Crippen LogP contribution < -0.4 is 0 Å². The van der Waals surface area contributed by atoms with Gasteiger partial charge in [0.1, 0.15) is 17.9 Å². The molecule has 5 nitrogen and oxygen atoms in total. The number of fused-ring (bicyclic) bond motifs is 1. The lowest BCUT2D eigenvalue weighted by atomic mass is 9.95. The number of hydrogen-bond donors (Lipinski definition) is 0. The molecule has 26 heavy (non-hydrogen) atoms. The summed E-state index contributed by atoms with van der Waals surface area (Å²) in [6, 6.07) is 4.78. The van der Waals surface area contributed by atoms with Crippen LogP contribution in [-0.2, 0) is 14.3 Å². The van der Waals surface area contributed by atoms with Gasteiger partial charge in [-0.3, -0.25) is 14.6 Å². The summed E-state index contributed by atoms with van der Waals surface area (Å²) < 4.78 is 60.9. The largest absolute Gasteiger partial charge is 0.449 e. The molecule has 0 N–H and O–H groups in total. The Hall–Kier alpha value is -2.39. The lowest BCUT2D eigenvalue weighted by Gasteiger charge is -2.39. The van der Waals surface area contributed by atoms with Gasteiger partial charge in [0.2, 0.25) is 0 Å². The Morgan fingerprint density at radius 1 is 1.00 bits per heavy atom. The van der Waals surface area contributed by atoms with E-state index in [1.165, 1.54) is 18.3 Å². The first-order valence-corrected chi connectivity index (χ1v) is 7.68. The predicted octanol–water partition coefficient (Wildman–Crippen LogP) is 3.08.